The second kappa shape index (κ2) is 10.4. The average molecular weight is 496 g/mol. The minimum absolute atomic E-state index is 0.107. The molecule has 0 aliphatic carbocycles. The van der Waals surface area contributed by atoms with Gasteiger partial charge in [0.25, 0.3) is 0 Å². The summed E-state index contributed by atoms with van der Waals surface area (Å²) in [5, 5.41) is 12.8. The molecule has 6 nitrogen and oxygen atoms in total. The van der Waals surface area contributed by atoms with Crippen LogP contribution in [0.1, 0.15) is 12.5 Å². The lowest BCUT2D eigenvalue weighted by Crippen LogP contribution is -2.23. The molecule has 0 fully saturated rings. The summed E-state index contributed by atoms with van der Waals surface area (Å²) < 4.78 is 1.95. The second-order valence-corrected chi connectivity index (χ2v) is 9.77. The highest BCUT2D eigenvalue weighted by molar-refractivity contribution is 8.00. The van der Waals surface area contributed by atoms with Crippen LogP contribution in [0.15, 0.2) is 77.0 Å². The molecule has 0 aliphatic rings. The molecule has 0 saturated carbocycles. The van der Waals surface area contributed by atoms with Crippen molar-refractivity contribution in [2.75, 3.05) is 11.6 Å². The first-order valence-electron chi connectivity index (χ1n) is 10.2. The molecular formula is C24H22ClN5OS2. The summed E-state index contributed by atoms with van der Waals surface area (Å²) in [6.45, 7) is 3.82. The summed E-state index contributed by atoms with van der Waals surface area (Å²) in [6, 6.07) is 17.2. The van der Waals surface area contributed by atoms with Gasteiger partial charge < -0.3 is 5.32 Å². The molecule has 0 saturated heterocycles. The summed E-state index contributed by atoms with van der Waals surface area (Å²) >= 11 is 9.36. The van der Waals surface area contributed by atoms with Crippen molar-refractivity contribution in [1.82, 2.24) is 19.7 Å². The zero-order valence-corrected chi connectivity index (χ0v) is 20.7. The Morgan fingerprint density at radius 2 is 1.82 bits per heavy atom. The van der Waals surface area contributed by atoms with E-state index in [1.807, 2.05) is 79.3 Å². The number of aromatic nitrogens is 4. The summed E-state index contributed by atoms with van der Waals surface area (Å²) in [5.41, 5.74) is 3.44. The Morgan fingerprint density at radius 1 is 1.06 bits per heavy atom. The number of nitrogens with one attached hydrogen (secondary N) is 1. The normalized spacial score (nSPS) is 11.9. The van der Waals surface area contributed by atoms with Gasteiger partial charge in [-0.3, -0.25) is 14.3 Å². The third-order valence-electron chi connectivity index (χ3n) is 5.07. The maximum absolute atomic E-state index is 13.0. The van der Waals surface area contributed by atoms with Gasteiger partial charge in [-0.25, -0.2) is 0 Å². The van der Waals surface area contributed by atoms with Gasteiger partial charge >= 0.3 is 0 Å². The first kappa shape index (κ1) is 23.4. The summed E-state index contributed by atoms with van der Waals surface area (Å²) in [7, 11) is 0. The Bertz CT molecular complexity index is 1280. The van der Waals surface area contributed by atoms with E-state index in [2.05, 4.69) is 20.5 Å². The third kappa shape index (κ3) is 5.08. The van der Waals surface area contributed by atoms with E-state index in [0.717, 1.165) is 27.4 Å². The second-order valence-electron chi connectivity index (χ2n) is 7.21. The van der Waals surface area contributed by atoms with Crippen LogP contribution in [-0.4, -0.2) is 37.2 Å². The zero-order valence-electron chi connectivity index (χ0n) is 18.3. The first-order valence-corrected chi connectivity index (χ1v) is 12.7. The average Bonchev–Trinajstić information content (AvgIpc) is 3.25. The Labute approximate surface area is 206 Å². The maximum Gasteiger partial charge on any atom is 0.237 e. The van der Waals surface area contributed by atoms with Crippen molar-refractivity contribution in [3.63, 3.8) is 0 Å². The van der Waals surface area contributed by atoms with Gasteiger partial charge in [0.15, 0.2) is 11.0 Å². The lowest BCUT2D eigenvalue weighted by Gasteiger charge is -2.16. The Balaban J connectivity index is 1.68. The minimum atomic E-state index is -0.410. The van der Waals surface area contributed by atoms with E-state index >= 15 is 0 Å². The Hall–Kier alpha value is -2.81. The van der Waals surface area contributed by atoms with E-state index in [9.17, 15) is 4.79 Å². The van der Waals surface area contributed by atoms with Gasteiger partial charge in [-0.05, 0) is 62.1 Å². The van der Waals surface area contributed by atoms with Crippen LogP contribution in [0.4, 0.5) is 5.69 Å². The van der Waals surface area contributed by atoms with Gasteiger partial charge in [0.1, 0.15) is 0 Å². The molecule has 168 valence electrons. The van der Waals surface area contributed by atoms with E-state index in [-0.39, 0.29) is 5.91 Å². The van der Waals surface area contributed by atoms with Crippen LogP contribution in [-0.2, 0) is 4.79 Å². The molecule has 2 aromatic carbocycles. The number of para-hydroxylation sites is 1. The molecule has 4 aromatic rings. The van der Waals surface area contributed by atoms with E-state index in [4.69, 9.17) is 11.6 Å². The fourth-order valence-corrected chi connectivity index (χ4v) is 4.87. The van der Waals surface area contributed by atoms with Gasteiger partial charge in [0, 0.05) is 27.9 Å². The van der Waals surface area contributed by atoms with Gasteiger partial charge in [0.2, 0.25) is 5.91 Å². The maximum atomic E-state index is 13.0. The van der Waals surface area contributed by atoms with E-state index < -0.39 is 5.25 Å². The van der Waals surface area contributed by atoms with Crippen molar-refractivity contribution in [3.05, 3.63) is 77.6 Å². The van der Waals surface area contributed by atoms with Crippen molar-refractivity contribution >= 4 is 46.7 Å². The van der Waals surface area contributed by atoms with Crippen molar-refractivity contribution in [1.29, 1.82) is 0 Å². The fourth-order valence-electron chi connectivity index (χ4n) is 3.28. The quantitative estimate of drug-likeness (QED) is 0.311. The number of thioether (sulfide) groups is 2. The van der Waals surface area contributed by atoms with Crippen LogP contribution >= 0.6 is 35.1 Å². The number of anilines is 1. The molecular weight excluding hydrogens is 474 g/mol. The number of rotatable bonds is 7. The number of hydrogen-bond donors (Lipinski definition) is 1. The topological polar surface area (TPSA) is 72.7 Å². The van der Waals surface area contributed by atoms with E-state index in [0.29, 0.717) is 16.0 Å². The summed E-state index contributed by atoms with van der Waals surface area (Å²) in [6.07, 6.45) is 5.41. The number of benzene rings is 2. The predicted octanol–water partition coefficient (Wildman–Crippen LogP) is 6.13. The number of halogens is 1. The highest BCUT2D eigenvalue weighted by Crippen LogP contribution is 2.33. The number of carbonyl (C=O) groups excluding carboxylic acids is 1. The number of pyridine rings is 1. The van der Waals surface area contributed by atoms with Crippen LogP contribution in [0.5, 0.6) is 0 Å². The van der Waals surface area contributed by atoms with Gasteiger partial charge in [-0.2, -0.15) is 0 Å². The fraction of sp³-hybridized carbons (Fsp3) is 0.167. The van der Waals surface area contributed by atoms with E-state index in [1.54, 1.807) is 24.2 Å². The van der Waals surface area contributed by atoms with Crippen molar-refractivity contribution in [2.45, 2.75) is 29.1 Å². The van der Waals surface area contributed by atoms with Crippen LogP contribution < -0.4 is 5.32 Å². The predicted molar refractivity (Wildman–Crippen MR) is 137 cm³/mol. The molecule has 4 rings (SSSR count). The van der Waals surface area contributed by atoms with Crippen molar-refractivity contribution in [2.24, 2.45) is 0 Å². The lowest BCUT2D eigenvalue weighted by atomic mass is 10.2. The number of nitrogens with zero attached hydrogens (tertiary/aromatic N) is 4. The van der Waals surface area contributed by atoms with Crippen LogP contribution in [0.3, 0.4) is 0 Å². The Kier molecular flexibility index (Phi) is 7.37. The molecule has 9 heteroatoms. The third-order valence-corrected chi connectivity index (χ3v) is 7.32. The van der Waals surface area contributed by atoms with Gasteiger partial charge in [-0.1, -0.05) is 41.6 Å². The standard InChI is InChI=1S/C24H22ClN5OS2/c1-15-18(25)7-6-9-20(15)30-22(17-11-13-26-14-12-17)28-29-24(30)33-16(2)23(31)27-19-8-4-5-10-21(19)32-3/h4-14,16H,1-3H3,(H,27,31). The highest BCUT2D eigenvalue weighted by atomic mass is 35.5. The molecule has 0 radical (unpaired) electrons. The van der Waals surface area contributed by atoms with Gasteiger partial charge in [-0.15, -0.1) is 22.0 Å². The van der Waals surface area contributed by atoms with Crippen LogP contribution in [0.2, 0.25) is 5.02 Å². The van der Waals surface area contributed by atoms with Crippen molar-refractivity contribution in [3.8, 4) is 17.1 Å². The van der Waals surface area contributed by atoms with Gasteiger partial charge in [0.05, 0.1) is 16.6 Å². The smallest absolute Gasteiger partial charge is 0.237 e. The number of hydrogen-bond acceptors (Lipinski definition) is 6. The lowest BCUT2D eigenvalue weighted by molar-refractivity contribution is -0.115. The first-order chi connectivity index (χ1) is 16.0. The van der Waals surface area contributed by atoms with Crippen molar-refractivity contribution < 1.29 is 4.79 Å². The molecule has 2 heterocycles. The van der Waals surface area contributed by atoms with Crippen LogP contribution in [0.25, 0.3) is 17.1 Å². The molecule has 0 aliphatic heterocycles. The summed E-state index contributed by atoms with van der Waals surface area (Å²) in [4.78, 5) is 18.1. The molecule has 33 heavy (non-hydrogen) atoms. The molecule has 1 amide bonds. The SMILES string of the molecule is CSc1ccccc1NC(=O)C(C)Sc1nnc(-c2ccncc2)n1-c1cccc(Cl)c1C. The molecule has 2 aromatic heterocycles. The van der Waals surface area contributed by atoms with Crippen LogP contribution in [0, 0.1) is 6.92 Å². The molecule has 1 unspecified atom stereocenters. The number of amides is 1. The van der Waals surface area contributed by atoms with E-state index in [1.165, 1.54) is 11.8 Å². The largest absolute Gasteiger partial charge is 0.324 e. The molecule has 1 atom stereocenters. The highest BCUT2D eigenvalue weighted by Gasteiger charge is 2.23. The Morgan fingerprint density at radius 3 is 2.58 bits per heavy atom. The molecule has 0 spiro atoms. The molecule has 0 bridgehead atoms. The summed E-state index contributed by atoms with van der Waals surface area (Å²) in [5.74, 6) is 0.551. The molecule has 1 N–H and O–H groups in total. The minimum Gasteiger partial charge on any atom is -0.324 e. The zero-order chi connectivity index (χ0) is 23.4. The monoisotopic (exact) mass is 495 g/mol. The number of carbonyl (C=O) groups is 1.